The molecule has 1 atom stereocenters. The van der Waals surface area contributed by atoms with E-state index in [0.717, 1.165) is 0 Å². The van der Waals surface area contributed by atoms with Gasteiger partial charge in [0.25, 0.3) is 0 Å². The van der Waals surface area contributed by atoms with Crippen LogP contribution in [-0.2, 0) is 14.3 Å². The molecule has 1 fully saturated rings. The quantitative estimate of drug-likeness (QED) is 0.620. The van der Waals surface area contributed by atoms with Crippen molar-refractivity contribution in [3.05, 3.63) is 0 Å². The maximum Gasteiger partial charge on any atom is 0.328 e. The highest BCUT2D eigenvalue weighted by molar-refractivity contribution is 5.85. The fourth-order valence-electron chi connectivity index (χ4n) is 1.94. The molecule has 104 valence electrons. The van der Waals surface area contributed by atoms with Crippen molar-refractivity contribution >= 4 is 11.9 Å². The minimum absolute atomic E-state index is 0.210. The van der Waals surface area contributed by atoms with E-state index in [2.05, 4.69) is 10.1 Å². The number of carbonyl (C=O) groups is 2. The Morgan fingerprint density at radius 3 is 2.50 bits per heavy atom. The van der Waals surface area contributed by atoms with Crippen LogP contribution in [0.1, 0.15) is 20.3 Å². The van der Waals surface area contributed by atoms with Crippen LogP contribution in [0.5, 0.6) is 0 Å². The van der Waals surface area contributed by atoms with Gasteiger partial charge >= 0.3 is 5.97 Å². The summed E-state index contributed by atoms with van der Waals surface area (Å²) in [6.45, 7) is 5.20. The molecule has 1 rings (SSSR count). The van der Waals surface area contributed by atoms with Crippen molar-refractivity contribution in [1.29, 1.82) is 0 Å². The van der Waals surface area contributed by atoms with Gasteiger partial charge in [0.2, 0.25) is 5.91 Å². The van der Waals surface area contributed by atoms with Crippen LogP contribution in [0.15, 0.2) is 0 Å². The minimum atomic E-state index is -0.589. The second-order valence-electron chi connectivity index (χ2n) is 5.12. The van der Waals surface area contributed by atoms with Gasteiger partial charge in [0.1, 0.15) is 6.04 Å². The fraction of sp³-hybridized carbons (Fsp3) is 0.833. The summed E-state index contributed by atoms with van der Waals surface area (Å²) < 4.78 is 4.67. The van der Waals surface area contributed by atoms with Crippen molar-refractivity contribution in [2.24, 2.45) is 5.92 Å². The zero-order chi connectivity index (χ0) is 13.7. The predicted molar refractivity (Wildman–Crippen MR) is 65.8 cm³/mol. The topological polar surface area (TPSA) is 78.9 Å². The zero-order valence-corrected chi connectivity index (χ0v) is 11.2. The average Bonchev–Trinajstić information content (AvgIpc) is 2.24. The van der Waals surface area contributed by atoms with Crippen molar-refractivity contribution in [1.82, 2.24) is 10.2 Å². The van der Waals surface area contributed by atoms with Crippen LogP contribution in [-0.4, -0.2) is 60.8 Å². The Kier molecular flexibility index (Phi) is 5.55. The van der Waals surface area contributed by atoms with E-state index >= 15 is 0 Å². The molecule has 0 aromatic heterocycles. The number of esters is 1. The molecule has 0 aromatic rings. The van der Waals surface area contributed by atoms with E-state index in [4.69, 9.17) is 5.11 Å². The van der Waals surface area contributed by atoms with Crippen LogP contribution in [0.4, 0.5) is 0 Å². The summed E-state index contributed by atoms with van der Waals surface area (Å²) in [6, 6.07) is -0.589. The Balaban J connectivity index is 2.39. The molecule has 0 spiro atoms. The number of rotatable bonds is 6. The third-order valence-electron chi connectivity index (χ3n) is 2.83. The number of hydrogen-bond donors (Lipinski definition) is 2. The number of nitrogens with zero attached hydrogens (tertiary/aromatic N) is 1. The molecule has 1 aliphatic heterocycles. The summed E-state index contributed by atoms with van der Waals surface area (Å²) >= 11 is 0. The van der Waals surface area contributed by atoms with Crippen molar-refractivity contribution < 1.29 is 19.4 Å². The van der Waals surface area contributed by atoms with Crippen molar-refractivity contribution in [3.63, 3.8) is 0 Å². The van der Waals surface area contributed by atoms with Gasteiger partial charge in [-0.05, 0) is 12.3 Å². The first-order valence-corrected chi connectivity index (χ1v) is 6.20. The molecule has 0 radical (unpaired) electrons. The molecule has 0 bridgehead atoms. The van der Waals surface area contributed by atoms with Crippen LogP contribution in [0.2, 0.25) is 0 Å². The van der Waals surface area contributed by atoms with Crippen LogP contribution in [0, 0.1) is 5.92 Å². The van der Waals surface area contributed by atoms with Crippen molar-refractivity contribution in [2.75, 3.05) is 26.7 Å². The lowest BCUT2D eigenvalue weighted by atomic mass is 10.0. The molecule has 1 amide bonds. The molecule has 2 N–H and O–H groups in total. The molecule has 1 aliphatic rings. The summed E-state index contributed by atoms with van der Waals surface area (Å²) in [5.41, 5.74) is 0. The van der Waals surface area contributed by atoms with E-state index in [1.807, 2.05) is 18.7 Å². The molecule has 1 saturated heterocycles. The molecular weight excluding hydrogens is 236 g/mol. The van der Waals surface area contributed by atoms with Crippen LogP contribution in [0.25, 0.3) is 0 Å². The fourth-order valence-corrected chi connectivity index (χ4v) is 1.94. The summed E-state index contributed by atoms with van der Waals surface area (Å²) in [4.78, 5) is 25.1. The Hall–Kier alpha value is -1.14. The second kappa shape index (κ2) is 6.70. The highest BCUT2D eigenvalue weighted by Gasteiger charge is 2.28. The van der Waals surface area contributed by atoms with E-state index in [0.29, 0.717) is 25.4 Å². The molecule has 6 heteroatoms. The number of amides is 1. The lowest BCUT2D eigenvalue weighted by Gasteiger charge is -2.35. The SMILES string of the molecule is COC(=O)C(CC(C)C)NC(=O)CN1CC(O)C1. The molecule has 0 aliphatic carbocycles. The van der Waals surface area contributed by atoms with Crippen LogP contribution < -0.4 is 5.32 Å². The summed E-state index contributed by atoms with van der Waals surface area (Å²) in [7, 11) is 1.31. The van der Waals surface area contributed by atoms with E-state index in [9.17, 15) is 9.59 Å². The van der Waals surface area contributed by atoms with Gasteiger partial charge in [-0.25, -0.2) is 4.79 Å². The second-order valence-corrected chi connectivity index (χ2v) is 5.12. The average molecular weight is 258 g/mol. The molecule has 1 heterocycles. The molecule has 18 heavy (non-hydrogen) atoms. The number of β-amino-alcohol motifs (C(OH)–C–C–N with tert-alkyl or cyclic N) is 1. The lowest BCUT2D eigenvalue weighted by Crippen LogP contribution is -2.55. The number of carbonyl (C=O) groups excluding carboxylic acids is 2. The molecule has 6 nitrogen and oxygen atoms in total. The Bertz CT molecular complexity index is 300. The summed E-state index contributed by atoms with van der Waals surface area (Å²) in [6.07, 6.45) is 0.228. The normalized spacial score (nSPS) is 18.3. The Morgan fingerprint density at radius 1 is 1.44 bits per heavy atom. The van der Waals surface area contributed by atoms with Crippen molar-refractivity contribution in [3.8, 4) is 0 Å². The number of aliphatic hydroxyl groups excluding tert-OH is 1. The van der Waals surface area contributed by atoms with E-state index < -0.39 is 12.0 Å². The standard InChI is InChI=1S/C12H22N2O4/c1-8(2)4-10(12(17)18-3)13-11(16)7-14-5-9(15)6-14/h8-10,15H,4-7H2,1-3H3,(H,13,16). The van der Waals surface area contributed by atoms with Gasteiger partial charge in [0.15, 0.2) is 0 Å². The third-order valence-corrected chi connectivity index (χ3v) is 2.83. The Morgan fingerprint density at radius 2 is 2.06 bits per heavy atom. The highest BCUT2D eigenvalue weighted by atomic mass is 16.5. The van der Waals surface area contributed by atoms with Crippen LogP contribution in [0.3, 0.4) is 0 Å². The Labute approximate surface area is 107 Å². The number of likely N-dealkylation sites (tertiary alicyclic amines) is 1. The first-order chi connectivity index (χ1) is 8.42. The monoisotopic (exact) mass is 258 g/mol. The number of hydrogen-bond acceptors (Lipinski definition) is 5. The van der Waals surface area contributed by atoms with Gasteiger partial charge < -0.3 is 15.2 Å². The maximum atomic E-state index is 11.7. The molecule has 1 unspecified atom stereocenters. The lowest BCUT2D eigenvalue weighted by molar-refractivity contribution is -0.146. The molecular formula is C12H22N2O4. The minimum Gasteiger partial charge on any atom is -0.467 e. The number of aliphatic hydroxyl groups is 1. The highest BCUT2D eigenvalue weighted by Crippen LogP contribution is 2.08. The largest absolute Gasteiger partial charge is 0.467 e. The van der Waals surface area contributed by atoms with Gasteiger partial charge in [-0.3, -0.25) is 9.69 Å². The summed E-state index contributed by atoms with van der Waals surface area (Å²) in [5.74, 6) is -0.334. The van der Waals surface area contributed by atoms with E-state index in [1.165, 1.54) is 7.11 Å². The predicted octanol–water partition coefficient (Wildman–Crippen LogP) is -0.633. The van der Waals surface area contributed by atoms with Gasteiger partial charge in [-0.2, -0.15) is 0 Å². The van der Waals surface area contributed by atoms with Gasteiger partial charge in [-0.1, -0.05) is 13.8 Å². The van der Waals surface area contributed by atoms with Crippen molar-refractivity contribution in [2.45, 2.75) is 32.4 Å². The van der Waals surface area contributed by atoms with E-state index in [-0.39, 0.29) is 18.6 Å². The summed E-state index contributed by atoms with van der Waals surface area (Å²) in [5, 5.41) is 11.8. The van der Waals surface area contributed by atoms with E-state index in [1.54, 1.807) is 0 Å². The number of nitrogens with one attached hydrogen (secondary N) is 1. The zero-order valence-electron chi connectivity index (χ0n) is 11.2. The first kappa shape index (κ1) is 14.9. The number of ether oxygens (including phenoxy) is 1. The van der Waals surface area contributed by atoms with Gasteiger partial charge in [0.05, 0.1) is 19.8 Å². The van der Waals surface area contributed by atoms with Gasteiger partial charge in [-0.15, -0.1) is 0 Å². The number of methoxy groups -OCH3 is 1. The smallest absolute Gasteiger partial charge is 0.328 e. The molecule has 0 aromatic carbocycles. The van der Waals surface area contributed by atoms with Gasteiger partial charge in [0, 0.05) is 13.1 Å². The molecule has 0 saturated carbocycles. The van der Waals surface area contributed by atoms with Crippen LogP contribution >= 0.6 is 0 Å². The first-order valence-electron chi connectivity index (χ1n) is 6.20. The maximum absolute atomic E-state index is 11.7. The third kappa shape index (κ3) is 4.62.